The van der Waals surface area contributed by atoms with E-state index in [4.69, 9.17) is 5.14 Å². The molecule has 2 aromatic carbocycles. The van der Waals surface area contributed by atoms with Gasteiger partial charge in [0.15, 0.2) is 0 Å². The van der Waals surface area contributed by atoms with Crippen LogP contribution in [-0.4, -0.2) is 26.4 Å². The highest BCUT2D eigenvalue weighted by Crippen LogP contribution is 2.38. The molecule has 0 aliphatic heterocycles. The van der Waals surface area contributed by atoms with Crippen molar-refractivity contribution in [3.05, 3.63) is 53.8 Å². The molecule has 124 valence electrons. The van der Waals surface area contributed by atoms with Gasteiger partial charge in [-0.3, -0.25) is 9.35 Å². The van der Waals surface area contributed by atoms with E-state index in [2.05, 4.69) is 0 Å². The molecule has 0 aliphatic carbocycles. The van der Waals surface area contributed by atoms with Crippen molar-refractivity contribution in [3.63, 3.8) is 0 Å². The van der Waals surface area contributed by atoms with E-state index < -0.39 is 15.1 Å². The normalized spacial score (nSPS) is 13.4. The highest BCUT2D eigenvalue weighted by Gasteiger charge is 2.33. The number of aromatic hydroxyl groups is 1. The van der Waals surface area contributed by atoms with Gasteiger partial charge in [-0.25, -0.2) is 4.39 Å². The molecular weight excluding hydrogens is 329 g/mol. The van der Waals surface area contributed by atoms with Gasteiger partial charge in [-0.05, 0) is 51.7 Å². The molecule has 0 aliphatic rings. The van der Waals surface area contributed by atoms with Crippen molar-refractivity contribution in [1.82, 2.24) is 4.57 Å². The van der Waals surface area contributed by atoms with Crippen LogP contribution in [0, 0.1) is 17.1 Å². The van der Waals surface area contributed by atoms with E-state index in [1.807, 2.05) is 6.07 Å². The predicted octanol–water partition coefficient (Wildman–Crippen LogP) is 2.66. The van der Waals surface area contributed by atoms with Crippen molar-refractivity contribution in [2.75, 3.05) is 12.5 Å². The van der Waals surface area contributed by atoms with Gasteiger partial charge in [0, 0.05) is 23.6 Å². The molecule has 0 unspecified atom stereocenters. The second-order valence-electron chi connectivity index (χ2n) is 6.22. The van der Waals surface area contributed by atoms with Gasteiger partial charge in [-0.1, -0.05) is 0 Å². The smallest absolute Gasteiger partial charge is 0.123 e. The van der Waals surface area contributed by atoms with E-state index in [0.717, 1.165) is 0 Å². The molecule has 0 amide bonds. The van der Waals surface area contributed by atoms with E-state index >= 15 is 0 Å². The van der Waals surface area contributed by atoms with Crippen molar-refractivity contribution in [3.8, 4) is 17.5 Å². The molecule has 0 fully saturated rings. The standard InChI is InChI=1S/C17H16FN3O2S/c1-24(2,20,23)17-15(10-19)14-9-13(22)7-8-16(14)21(17)12-5-3-11(18)4-6-12/h3-9,22H,1-2H3,(H2,20,23). The summed E-state index contributed by atoms with van der Waals surface area (Å²) < 4.78 is 28.0. The monoisotopic (exact) mass is 345 g/mol. The van der Waals surface area contributed by atoms with Crippen molar-refractivity contribution in [1.29, 1.82) is 5.26 Å². The zero-order valence-corrected chi connectivity index (χ0v) is 14.0. The van der Waals surface area contributed by atoms with E-state index in [1.165, 1.54) is 48.9 Å². The number of aromatic nitrogens is 1. The van der Waals surface area contributed by atoms with Gasteiger partial charge in [-0.15, -0.1) is 0 Å². The number of nitrogens with two attached hydrogens (primary N) is 1. The SMILES string of the molecule is CS(C)(N)(=O)c1c(C#N)c2cc(O)ccc2n1-c1ccc(F)cc1. The van der Waals surface area contributed by atoms with Gasteiger partial charge in [0.25, 0.3) is 0 Å². The van der Waals surface area contributed by atoms with Gasteiger partial charge >= 0.3 is 0 Å². The van der Waals surface area contributed by atoms with E-state index in [-0.39, 0.29) is 16.3 Å². The average molecular weight is 345 g/mol. The first-order valence-electron chi connectivity index (χ1n) is 7.04. The van der Waals surface area contributed by atoms with Crippen LogP contribution in [0.15, 0.2) is 47.5 Å². The lowest BCUT2D eigenvalue weighted by atomic mass is 10.2. The van der Waals surface area contributed by atoms with Gasteiger partial charge in [-0.2, -0.15) is 5.26 Å². The Bertz CT molecular complexity index is 1060. The molecule has 0 atom stereocenters. The van der Waals surface area contributed by atoms with E-state index in [1.54, 1.807) is 10.6 Å². The number of benzene rings is 2. The Morgan fingerprint density at radius 2 is 1.83 bits per heavy atom. The Kier molecular flexibility index (Phi) is 3.30. The summed E-state index contributed by atoms with van der Waals surface area (Å²) in [5, 5.41) is 26.0. The lowest BCUT2D eigenvalue weighted by Crippen LogP contribution is -2.42. The third-order valence-corrected chi connectivity index (χ3v) is 5.22. The molecule has 0 spiro atoms. The first kappa shape index (κ1) is 16.2. The molecule has 3 N–H and O–H groups in total. The third-order valence-electron chi connectivity index (χ3n) is 3.68. The molecule has 24 heavy (non-hydrogen) atoms. The van der Waals surface area contributed by atoms with Gasteiger partial charge in [0.2, 0.25) is 0 Å². The topological polar surface area (TPSA) is 92.0 Å². The van der Waals surface area contributed by atoms with Gasteiger partial charge in [0.05, 0.1) is 11.1 Å². The first-order chi connectivity index (χ1) is 11.1. The van der Waals surface area contributed by atoms with Crippen molar-refractivity contribution >= 4 is 20.2 Å². The quantitative estimate of drug-likeness (QED) is 0.748. The Morgan fingerprint density at radius 3 is 2.38 bits per heavy atom. The lowest BCUT2D eigenvalue weighted by molar-refractivity contribution is 0.476. The maximum atomic E-state index is 13.3. The summed E-state index contributed by atoms with van der Waals surface area (Å²) >= 11 is 0. The first-order valence-corrected chi connectivity index (χ1v) is 9.89. The molecule has 3 rings (SSSR count). The number of halogens is 1. The van der Waals surface area contributed by atoms with Crippen LogP contribution in [0.5, 0.6) is 5.75 Å². The zero-order valence-electron chi connectivity index (χ0n) is 13.2. The van der Waals surface area contributed by atoms with E-state index in [9.17, 15) is 19.0 Å². The van der Waals surface area contributed by atoms with Crippen LogP contribution >= 0.6 is 0 Å². The Hall–Kier alpha value is -2.69. The largest absolute Gasteiger partial charge is 0.508 e. The number of hydrogen-bond donors (Lipinski definition) is 2. The molecule has 0 radical (unpaired) electrons. The highest BCUT2D eigenvalue weighted by molar-refractivity contribution is 8.16. The average Bonchev–Trinajstić information content (AvgIpc) is 2.81. The summed E-state index contributed by atoms with van der Waals surface area (Å²) in [6.45, 7) is 0. The summed E-state index contributed by atoms with van der Waals surface area (Å²) in [5.74, 6) is -0.428. The fraction of sp³-hybridized carbons (Fsp3) is 0.118. The van der Waals surface area contributed by atoms with Gasteiger partial charge in [0.1, 0.15) is 22.7 Å². The third kappa shape index (κ3) is 2.56. The Labute approximate surface area is 138 Å². The maximum Gasteiger partial charge on any atom is 0.123 e. The number of phenols is 1. The van der Waals surface area contributed by atoms with Crippen LogP contribution in [-0.2, 0) is 9.25 Å². The summed E-state index contributed by atoms with van der Waals surface area (Å²) in [4.78, 5) is 0. The van der Waals surface area contributed by atoms with Gasteiger partial charge < -0.3 is 9.67 Å². The van der Waals surface area contributed by atoms with Crippen molar-refractivity contribution in [2.45, 2.75) is 5.03 Å². The molecule has 1 aromatic heterocycles. The fourth-order valence-electron chi connectivity index (χ4n) is 2.79. The molecule has 3 aromatic rings. The number of fused-ring (bicyclic) bond motifs is 1. The van der Waals surface area contributed by atoms with E-state index in [0.29, 0.717) is 16.6 Å². The van der Waals surface area contributed by atoms with Crippen LogP contribution in [0.4, 0.5) is 4.39 Å². The number of rotatable bonds is 2. The molecule has 5 nitrogen and oxygen atoms in total. The van der Waals surface area contributed by atoms with Crippen LogP contribution in [0.25, 0.3) is 16.6 Å². The minimum Gasteiger partial charge on any atom is -0.508 e. The summed E-state index contributed by atoms with van der Waals surface area (Å²) in [7, 11) is -3.83. The maximum absolute atomic E-state index is 13.3. The van der Waals surface area contributed by atoms with Crippen LogP contribution in [0.2, 0.25) is 0 Å². The minimum absolute atomic E-state index is 0.0189. The molecular formula is C17H16FN3O2S. The molecule has 0 saturated carbocycles. The lowest BCUT2D eigenvalue weighted by Gasteiger charge is -2.30. The molecule has 7 heteroatoms. The highest BCUT2D eigenvalue weighted by atomic mass is 32.3. The number of nitriles is 1. The minimum atomic E-state index is -3.83. The number of hydrogen-bond acceptors (Lipinski definition) is 3. The molecule has 1 heterocycles. The predicted molar refractivity (Wildman–Crippen MR) is 92.1 cm³/mol. The number of phenolic OH excluding ortho intramolecular Hbond substituents is 1. The summed E-state index contributed by atoms with van der Waals surface area (Å²) in [6.07, 6.45) is 2.76. The van der Waals surface area contributed by atoms with Crippen molar-refractivity contribution < 1.29 is 13.7 Å². The summed E-state index contributed by atoms with van der Waals surface area (Å²) in [5.41, 5.74) is 1.21. The Morgan fingerprint density at radius 1 is 1.21 bits per heavy atom. The number of nitrogens with zero attached hydrogens (tertiary/aromatic N) is 2. The fourth-order valence-corrected chi connectivity index (χ4v) is 4.30. The molecule has 0 saturated heterocycles. The van der Waals surface area contributed by atoms with Crippen molar-refractivity contribution in [2.24, 2.45) is 5.14 Å². The Balaban J connectivity index is 2.56. The van der Waals surface area contributed by atoms with Crippen LogP contribution < -0.4 is 5.14 Å². The second-order valence-corrected chi connectivity index (χ2v) is 10.4. The zero-order chi connectivity index (χ0) is 17.7. The van der Waals surface area contributed by atoms with Crippen LogP contribution in [0.3, 0.4) is 0 Å². The second kappa shape index (κ2) is 4.90. The van der Waals surface area contributed by atoms with Crippen LogP contribution in [0.1, 0.15) is 5.56 Å². The summed E-state index contributed by atoms with van der Waals surface area (Å²) in [6, 6.07) is 12.1. The molecule has 0 bridgehead atoms.